The van der Waals surface area contributed by atoms with Crippen LogP contribution in [-0.2, 0) is 4.74 Å². The molecular formula is C17H35NO. The van der Waals surface area contributed by atoms with Gasteiger partial charge in [0, 0.05) is 12.6 Å². The Morgan fingerprint density at radius 2 is 1.95 bits per heavy atom. The zero-order valence-electron chi connectivity index (χ0n) is 13.8. The summed E-state index contributed by atoms with van der Waals surface area (Å²) in [5.74, 6) is 1.72. The minimum Gasteiger partial charge on any atom is -0.374 e. The summed E-state index contributed by atoms with van der Waals surface area (Å²) in [6.45, 7) is 13.1. The van der Waals surface area contributed by atoms with Crippen molar-refractivity contribution in [1.82, 2.24) is 5.32 Å². The van der Waals surface area contributed by atoms with Crippen LogP contribution in [0.1, 0.15) is 73.1 Å². The Bertz CT molecular complexity index is 239. The van der Waals surface area contributed by atoms with E-state index in [9.17, 15) is 0 Å². The molecule has 0 radical (unpaired) electrons. The van der Waals surface area contributed by atoms with Crippen molar-refractivity contribution in [3.8, 4) is 0 Å². The number of ether oxygens (including phenoxy) is 1. The third-order valence-corrected chi connectivity index (χ3v) is 4.75. The maximum absolute atomic E-state index is 6.05. The molecular weight excluding hydrogens is 234 g/mol. The molecule has 0 aromatic heterocycles. The van der Waals surface area contributed by atoms with E-state index in [-0.39, 0.29) is 5.60 Å². The molecule has 114 valence electrons. The summed E-state index contributed by atoms with van der Waals surface area (Å²) in [4.78, 5) is 0. The van der Waals surface area contributed by atoms with Gasteiger partial charge in [0.15, 0.2) is 0 Å². The van der Waals surface area contributed by atoms with Crippen LogP contribution in [0.5, 0.6) is 0 Å². The first kappa shape index (κ1) is 17.0. The highest BCUT2D eigenvalue weighted by atomic mass is 16.5. The second-order valence-electron chi connectivity index (χ2n) is 6.67. The quantitative estimate of drug-likeness (QED) is 0.706. The molecule has 0 aromatic rings. The van der Waals surface area contributed by atoms with Crippen LogP contribution >= 0.6 is 0 Å². The molecule has 1 aliphatic carbocycles. The van der Waals surface area contributed by atoms with Gasteiger partial charge < -0.3 is 10.1 Å². The second kappa shape index (κ2) is 8.26. The average Bonchev–Trinajstić information content (AvgIpc) is 2.39. The van der Waals surface area contributed by atoms with Gasteiger partial charge in [0.1, 0.15) is 0 Å². The molecule has 2 heteroatoms. The zero-order valence-corrected chi connectivity index (χ0v) is 13.8. The Hall–Kier alpha value is -0.0800. The van der Waals surface area contributed by atoms with Crippen LogP contribution in [0.3, 0.4) is 0 Å². The van der Waals surface area contributed by atoms with E-state index in [4.69, 9.17) is 4.74 Å². The lowest BCUT2D eigenvalue weighted by molar-refractivity contribution is -0.0596. The lowest BCUT2D eigenvalue weighted by atomic mass is 9.73. The molecule has 19 heavy (non-hydrogen) atoms. The van der Waals surface area contributed by atoms with Crippen molar-refractivity contribution < 1.29 is 4.74 Å². The molecule has 1 fully saturated rings. The first-order valence-corrected chi connectivity index (χ1v) is 8.42. The maximum atomic E-state index is 6.05. The topological polar surface area (TPSA) is 21.3 Å². The second-order valence-corrected chi connectivity index (χ2v) is 6.67. The van der Waals surface area contributed by atoms with E-state index in [0.717, 1.165) is 25.0 Å². The molecule has 2 nitrogen and oxygen atoms in total. The molecule has 0 aromatic carbocycles. The molecule has 0 amide bonds. The van der Waals surface area contributed by atoms with E-state index in [0.29, 0.717) is 6.04 Å². The van der Waals surface area contributed by atoms with Gasteiger partial charge in [0.25, 0.3) is 0 Å². The molecule has 3 atom stereocenters. The van der Waals surface area contributed by atoms with Gasteiger partial charge in [-0.25, -0.2) is 0 Å². The number of rotatable bonds is 8. The van der Waals surface area contributed by atoms with Gasteiger partial charge in [-0.3, -0.25) is 0 Å². The highest BCUT2D eigenvalue weighted by Gasteiger charge is 2.37. The fraction of sp³-hybridized carbons (Fsp3) is 1.00. The Labute approximate surface area is 120 Å². The summed E-state index contributed by atoms with van der Waals surface area (Å²) >= 11 is 0. The summed E-state index contributed by atoms with van der Waals surface area (Å²) in [6.07, 6.45) is 8.12. The van der Waals surface area contributed by atoms with Crippen molar-refractivity contribution in [2.45, 2.75) is 84.8 Å². The van der Waals surface area contributed by atoms with Crippen LogP contribution in [0.2, 0.25) is 0 Å². The van der Waals surface area contributed by atoms with Gasteiger partial charge in [-0.15, -0.1) is 0 Å². The first-order chi connectivity index (χ1) is 9.05. The summed E-state index contributed by atoms with van der Waals surface area (Å²) in [5, 5.41) is 3.78. The fourth-order valence-electron chi connectivity index (χ4n) is 3.75. The lowest BCUT2D eigenvalue weighted by Crippen LogP contribution is -2.54. The first-order valence-electron chi connectivity index (χ1n) is 8.42. The smallest absolute Gasteiger partial charge is 0.0781 e. The van der Waals surface area contributed by atoms with Gasteiger partial charge in [-0.1, -0.05) is 33.1 Å². The summed E-state index contributed by atoms with van der Waals surface area (Å²) in [5.41, 5.74) is -0.0514. The Morgan fingerprint density at radius 3 is 2.53 bits per heavy atom. The van der Waals surface area contributed by atoms with E-state index in [2.05, 4.69) is 39.9 Å². The van der Waals surface area contributed by atoms with Crippen LogP contribution in [0.15, 0.2) is 0 Å². The van der Waals surface area contributed by atoms with Gasteiger partial charge in [-0.2, -0.15) is 0 Å². The van der Waals surface area contributed by atoms with Crippen LogP contribution in [-0.4, -0.2) is 24.8 Å². The molecule has 3 unspecified atom stereocenters. The van der Waals surface area contributed by atoms with Crippen LogP contribution in [0.4, 0.5) is 0 Å². The molecule has 0 heterocycles. The summed E-state index contributed by atoms with van der Waals surface area (Å²) in [7, 11) is 0. The largest absolute Gasteiger partial charge is 0.374 e. The number of nitrogens with one attached hydrogen (secondary N) is 1. The van der Waals surface area contributed by atoms with E-state index in [1.807, 2.05) is 0 Å². The predicted molar refractivity (Wildman–Crippen MR) is 83.5 cm³/mol. The number of hydrogen-bond acceptors (Lipinski definition) is 2. The average molecular weight is 269 g/mol. The van der Waals surface area contributed by atoms with E-state index in [1.54, 1.807) is 0 Å². The van der Waals surface area contributed by atoms with E-state index in [1.165, 1.54) is 38.5 Å². The lowest BCUT2D eigenvalue weighted by Gasteiger charge is -2.43. The molecule has 0 spiro atoms. The molecule has 1 aliphatic rings. The third kappa shape index (κ3) is 5.07. The fourth-order valence-corrected chi connectivity index (χ4v) is 3.75. The third-order valence-electron chi connectivity index (χ3n) is 4.75. The van der Waals surface area contributed by atoms with Crippen molar-refractivity contribution in [2.24, 2.45) is 11.8 Å². The molecule has 0 saturated heterocycles. The van der Waals surface area contributed by atoms with Crippen molar-refractivity contribution >= 4 is 0 Å². The van der Waals surface area contributed by atoms with Gasteiger partial charge in [0.05, 0.1) is 5.60 Å². The minimum absolute atomic E-state index is 0.0514. The normalized spacial score (nSPS) is 26.4. The minimum atomic E-state index is -0.0514. The highest BCUT2D eigenvalue weighted by Crippen LogP contribution is 2.36. The van der Waals surface area contributed by atoms with Crippen molar-refractivity contribution in [3.63, 3.8) is 0 Å². The molecule has 0 aliphatic heterocycles. The van der Waals surface area contributed by atoms with Crippen LogP contribution in [0, 0.1) is 11.8 Å². The zero-order chi connectivity index (χ0) is 14.3. The summed E-state index contributed by atoms with van der Waals surface area (Å²) in [6, 6.07) is 0.502. The monoisotopic (exact) mass is 269 g/mol. The molecule has 1 N–H and O–H groups in total. The van der Waals surface area contributed by atoms with Crippen LogP contribution in [0.25, 0.3) is 0 Å². The van der Waals surface area contributed by atoms with Crippen molar-refractivity contribution in [1.29, 1.82) is 0 Å². The SMILES string of the molecule is CCCNC(C1CCCC(CC)C1)C(C)(C)OCC. The highest BCUT2D eigenvalue weighted by molar-refractivity contribution is 4.93. The standard InChI is InChI=1S/C17H35NO/c1-6-12-18-16(17(4,5)19-8-3)15-11-9-10-14(7-2)13-15/h14-16,18H,6-13H2,1-5H3. The van der Waals surface area contributed by atoms with Crippen molar-refractivity contribution in [2.75, 3.05) is 13.2 Å². The van der Waals surface area contributed by atoms with Crippen molar-refractivity contribution in [3.05, 3.63) is 0 Å². The predicted octanol–water partition coefficient (Wildman–Crippen LogP) is 4.39. The van der Waals surface area contributed by atoms with Crippen LogP contribution < -0.4 is 5.32 Å². The maximum Gasteiger partial charge on any atom is 0.0781 e. The molecule has 1 saturated carbocycles. The Morgan fingerprint density at radius 1 is 1.21 bits per heavy atom. The number of hydrogen-bond donors (Lipinski definition) is 1. The Balaban J connectivity index is 2.71. The Kier molecular flexibility index (Phi) is 7.38. The van der Waals surface area contributed by atoms with Gasteiger partial charge >= 0.3 is 0 Å². The van der Waals surface area contributed by atoms with E-state index < -0.39 is 0 Å². The van der Waals surface area contributed by atoms with E-state index >= 15 is 0 Å². The van der Waals surface area contributed by atoms with Gasteiger partial charge in [0.2, 0.25) is 0 Å². The summed E-state index contributed by atoms with van der Waals surface area (Å²) < 4.78 is 6.05. The van der Waals surface area contributed by atoms with Gasteiger partial charge in [-0.05, 0) is 58.4 Å². The molecule has 1 rings (SSSR count). The molecule has 0 bridgehead atoms.